The van der Waals surface area contributed by atoms with Gasteiger partial charge in [-0.1, -0.05) is 41.9 Å². The van der Waals surface area contributed by atoms with Crippen molar-refractivity contribution in [2.24, 2.45) is 0 Å². The van der Waals surface area contributed by atoms with E-state index in [-0.39, 0.29) is 11.8 Å². The number of nitrogens with one attached hydrogen (secondary N) is 2. The number of carbonyl (C=O) groups excluding carboxylic acids is 2. The third kappa shape index (κ3) is 5.69. The van der Waals surface area contributed by atoms with Gasteiger partial charge in [-0.25, -0.2) is 0 Å². The zero-order valence-corrected chi connectivity index (χ0v) is 15.4. The fraction of sp³-hybridized carbons (Fsp3) is 0.0909. The molecule has 0 heterocycles. The van der Waals surface area contributed by atoms with Crippen LogP contribution in [0.25, 0.3) is 0 Å². The molecule has 0 saturated heterocycles. The minimum Gasteiger partial charge on any atom is -0.326 e. The molecule has 0 bridgehead atoms. The van der Waals surface area contributed by atoms with Crippen LogP contribution in [0, 0.1) is 0 Å². The number of amides is 2. The van der Waals surface area contributed by atoms with Gasteiger partial charge in [0.15, 0.2) is 0 Å². The summed E-state index contributed by atoms with van der Waals surface area (Å²) in [5.41, 5.74) is 3.00. The summed E-state index contributed by atoms with van der Waals surface area (Å²) in [4.78, 5) is 24.3. The molecular formula is C22H19ClN2O2. The Hall–Kier alpha value is -3.11. The first-order chi connectivity index (χ1) is 13.1. The second-order valence-corrected chi connectivity index (χ2v) is 6.51. The molecule has 3 aromatic rings. The Balaban J connectivity index is 1.51. The molecule has 0 aliphatic rings. The number of carbonyl (C=O) groups is 2. The Morgan fingerprint density at radius 1 is 0.741 bits per heavy atom. The molecule has 0 spiro atoms. The van der Waals surface area contributed by atoms with E-state index in [1.54, 1.807) is 48.5 Å². The molecule has 0 aliphatic carbocycles. The number of hydrogen-bond donors (Lipinski definition) is 2. The summed E-state index contributed by atoms with van der Waals surface area (Å²) in [5, 5.41) is 6.26. The van der Waals surface area contributed by atoms with Crippen LogP contribution in [0.2, 0.25) is 5.02 Å². The largest absolute Gasteiger partial charge is 0.326 e. The van der Waals surface area contributed by atoms with Crippen LogP contribution in [0.15, 0.2) is 78.9 Å². The van der Waals surface area contributed by atoms with Gasteiger partial charge in [0, 0.05) is 28.4 Å². The monoisotopic (exact) mass is 378 g/mol. The first-order valence-corrected chi connectivity index (χ1v) is 8.99. The van der Waals surface area contributed by atoms with Crippen molar-refractivity contribution in [2.45, 2.75) is 12.8 Å². The van der Waals surface area contributed by atoms with Gasteiger partial charge in [-0.3, -0.25) is 9.59 Å². The molecule has 4 nitrogen and oxygen atoms in total. The average molecular weight is 379 g/mol. The topological polar surface area (TPSA) is 58.2 Å². The minimum absolute atomic E-state index is 0.0446. The van der Waals surface area contributed by atoms with Crippen LogP contribution < -0.4 is 10.6 Å². The zero-order chi connectivity index (χ0) is 19.1. The number of benzene rings is 3. The van der Waals surface area contributed by atoms with E-state index in [0.717, 1.165) is 5.56 Å². The molecule has 2 amide bonds. The van der Waals surface area contributed by atoms with Crippen molar-refractivity contribution in [3.63, 3.8) is 0 Å². The van der Waals surface area contributed by atoms with Gasteiger partial charge in [-0.2, -0.15) is 0 Å². The highest BCUT2D eigenvalue weighted by Gasteiger charge is 2.07. The first-order valence-electron chi connectivity index (χ1n) is 8.61. The molecule has 5 heteroatoms. The van der Waals surface area contributed by atoms with Gasteiger partial charge < -0.3 is 10.6 Å². The fourth-order valence-corrected chi connectivity index (χ4v) is 2.69. The average Bonchev–Trinajstić information content (AvgIpc) is 2.69. The summed E-state index contributed by atoms with van der Waals surface area (Å²) >= 11 is 5.83. The maximum Gasteiger partial charge on any atom is 0.255 e. The summed E-state index contributed by atoms with van der Waals surface area (Å²) in [6.45, 7) is 0. The Bertz CT molecular complexity index is 907. The SMILES string of the molecule is O=C(CCc1ccccc1)Nc1ccc(NC(=O)c2ccc(Cl)cc2)cc1. The third-order valence-corrected chi connectivity index (χ3v) is 4.27. The Kier molecular flexibility index (Phi) is 6.23. The molecule has 0 aromatic heterocycles. The standard InChI is InChI=1S/C22H19ClN2O2/c23-18-9-7-17(8-10-18)22(27)25-20-13-11-19(12-14-20)24-21(26)15-6-16-4-2-1-3-5-16/h1-5,7-14H,6,15H2,(H,24,26)(H,25,27). The molecule has 3 aromatic carbocycles. The van der Waals surface area contributed by atoms with Gasteiger partial charge in [-0.15, -0.1) is 0 Å². The van der Waals surface area contributed by atoms with E-state index in [1.165, 1.54) is 0 Å². The van der Waals surface area contributed by atoms with E-state index in [2.05, 4.69) is 10.6 Å². The number of anilines is 2. The normalized spacial score (nSPS) is 10.3. The van der Waals surface area contributed by atoms with Crippen LogP contribution in [0.3, 0.4) is 0 Å². The maximum absolute atomic E-state index is 12.2. The molecule has 0 saturated carbocycles. The van der Waals surface area contributed by atoms with Gasteiger partial charge in [0.1, 0.15) is 0 Å². The molecular weight excluding hydrogens is 360 g/mol. The van der Waals surface area contributed by atoms with Crippen molar-refractivity contribution >= 4 is 34.8 Å². The Morgan fingerprint density at radius 3 is 1.96 bits per heavy atom. The summed E-state index contributed by atoms with van der Waals surface area (Å²) < 4.78 is 0. The van der Waals surface area contributed by atoms with Gasteiger partial charge in [0.2, 0.25) is 5.91 Å². The van der Waals surface area contributed by atoms with Crippen LogP contribution in [-0.4, -0.2) is 11.8 Å². The highest BCUT2D eigenvalue weighted by molar-refractivity contribution is 6.30. The van der Waals surface area contributed by atoms with Crippen LogP contribution in [0.1, 0.15) is 22.3 Å². The molecule has 0 radical (unpaired) electrons. The number of halogens is 1. The Morgan fingerprint density at radius 2 is 1.33 bits per heavy atom. The lowest BCUT2D eigenvalue weighted by Crippen LogP contribution is -2.13. The highest BCUT2D eigenvalue weighted by atomic mass is 35.5. The van der Waals surface area contributed by atoms with Crippen molar-refractivity contribution in [1.29, 1.82) is 0 Å². The second kappa shape index (κ2) is 9.01. The highest BCUT2D eigenvalue weighted by Crippen LogP contribution is 2.16. The molecule has 0 atom stereocenters. The van der Waals surface area contributed by atoms with Gasteiger partial charge in [-0.05, 0) is 60.5 Å². The van der Waals surface area contributed by atoms with Crippen LogP contribution >= 0.6 is 11.6 Å². The van der Waals surface area contributed by atoms with Crippen LogP contribution in [0.4, 0.5) is 11.4 Å². The smallest absolute Gasteiger partial charge is 0.255 e. The van der Waals surface area contributed by atoms with Gasteiger partial charge in [0.05, 0.1) is 0 Å². The molecule has 3 rings (SSSR count). The van der Waals surface area contributed by atoms with Crippen molar-refractivity contribution in [2.75, 3.05) is 10.6 Å². The third-order valence-electron chi connectivity index (χ3n) is 4.02. The van der Waals surface area contributed by atoms with E-state index in [9.17, 15) is 9.59 Å². The van der Waals surface area contributed by atoms with Crippen molar-refractivity contribution in [3.8, 4) is 0 Å². The van der Waals surface area contributed by atoms with E-state index >= 15 is 0 Å². The van der Waals surface area contributed by atoms with Gasteiger partial charge >= 0.3 is 0 Å². The van der Waals surface area contributed by atoms with Crippen LogP contribution in [0.5, 0.6) is 0 Å². The van der Waals surface area contributed by atoms with E-state index in [0.29, 0.717) is 34.8 Å². The molecule has 0 fully saturated rings. The first kappa shape index (κ1) is 18.7. The summed E-state index contributed by atoms with van der Waals surface area (Å²) in [6.07, 6.45) is 1.11. The number of rotatable bonds is 6. The van der Waals surface area contributed by atoms with E-state index in [1.807, 2.05) is 30.3 Å². The molecule has 0 aliphatic heterocycles. The van der Waals surface area contributed by atoms with E-state index < -0.39 is 0 Å². The van der Waals surface area contributed by atoms with Gasteiger partial charge in [0.25, 0.3) is 5.91 Å². The molecule has 136 valence electrons. The summed E-state index contributed by atoms with van der Waals surface area (Å²) in [7, 11) is 0. The second-order valence-electron chi connectivity index (χ2n) is 6.07. The Labute approximate surface area is 163 Å². The predicted molar refractivity (Wildman–Crippen MR) is 109 cm³/mol. The van der Waals surface area contributed by atoms with Crippen LogP contribution in [-0.2, 0) is 11.2 Å². The number of aryl methyl sites for hydroxylation is 1. The zero-order valence-electron chi connectivity index (χ0n) is 14.6. The lowest BCUT2D eigenvalue weighted by molar-refractivity contribution is -0.116. The summed E-state index contributed by atoms with van der Waals surface area (Å²) in [6, 6.07) is 23.6. The lowest BCUT2D eigenvalue weighted by Gasteiger charge is -2.08. The lowest BCUT2D eigenvalue weighted by atomic mass is 10.1. The fourth-order valence-electron chi connectivity index (χ4n) is 2.57. The molecule has 27 heavy (non-hydrogen) atoms. The maximum atomic E-state index is 12.2. The van der Waals surface area contributed by atoms with Crippen molar-refractivity contribution in [1.82, 2.24) is 0 Å². The van der Waals surface area contributed by atoms with E-state index in [4.69, 9.17) is 11.6 Å². The quantitative estimate of drug-likeness (QED) is 0.622. The molecule has 0 unspecified atom stereocenters. The van der Waals surface area contributed by atoms with Crippen molar-refractivity contribution in [3.05, 3.63) is 95.0 Å². The molecule has 2 N–H and O–H groups in total. The predicted octanol–water partition coefficient (Wildman–Crippen LogP) is 5.16. The summed E-state index contributed by atoms with van der Waals surface area (Å²) in [5.74, 6) is -0.261. The minimum atomic E-state index is -0.216. The number of hydrogen-bond acceptors (Lipinski definition) is 2. The van der Waals surface area contributed by atoms with Crippen molar-refractivity contribution < 1.29 is 9.59 Å².